The third kappa shape index (κ3) is 4.34. The molecule has 0 aliphatic carbocycles. The minimum absolute atomic E-state index is 0.0706. The molecule has 2 heterocycles. The van der Waals surface area contributed by atoms with E-state index in [1.807, 2.05) is 30.3 Å². The normalized spacial score (nSPS) is 10.9. The van der Waals surface area contributed by atoms with Crippen molar-refractivity contribution in [2.24, 2.45) is 5.73 Å². The van der Waals surface area contributed by atoms with E-state index in [1.54, 1.807) is 55.6 Å². The molecule has 0 aliphatic rings. The van der Waals surface area contributed by atoms with E-state index in [9.17, 15) is 9.59 Å². The van der Waals surface area contributed by atoms with E-state index >= 15 is 0 Å². The number of hydrogen-bond donors (Lipinski definition) is 2. The fourth-order valence-corrected chi connectivity index (χ4v) is 3.70. The van der Waals surface area contributed by atoms with Gasteiger partial charge in [0, 0.05) is 5.56 Å². The Labute approximate surface area is 199 Å². The van der Waals surface area contributed by atoms with Crippen LogP contribution in [0.25, 0.3) is 28.2 Å². The first kappa shape index (κ1) is 21.9. The molecular weight excluding hydrogens is 446 g/mol. The summed E-state index contributed by atoms with van der Waals surface area (Å²) in [5.74, 6) is 0.793. The number of fused-ring (bicyclic) bond motifs is 1. The maximum absolute atomic E-state index is 12.8. The number of nitrogens with two attached hydrogens (primary N) is 1. The summed E-state index contributed by atoms with van der Waals surface area (Å²) in [4.78, 5) is 36.6. The lowest BCUT2D eigenvalue weighted by molar-refractivity contribution is 0.0997. The van der Waals surface area contributed by atoms with Crippen molar-refractivity contribution >= 4 is 17.1 Å². The Hall–Kier alpha value is -4.92. The molecule has 1 amide bonds. The highest BCUT2D eigenvalue weighted by atomic mass is 16.5. The van der Waals surface area contributed by atoms with Crippen molar-refractivity contribution in [3.05, 3.63) is 101 Å². The van der Waals surface area contributed by atoms with Gasteiger partial charge in [0.25, 0.3) is 5.91 Å². The summed E-state index contributed by atoms with van der Waals surface area (Å²) in [6, 6.07) is 23.9. The zero-order valence-electron chi connectivity index (χ0n) is 18.8. The first-order chi connectivity index (χ1) is 17.0. The number of hydrogen-bond acceptors (Lipinski definition) is 6. The molecule has 0 saturated carbocycles. The van der Waals surface area contributed by atoms with E-state index < -0.39 is 11.6 Å². The number of methoxy groups -OCH3 is 1. The molecule has 0 unspecified atom stereocenters. The number of amides is 1. The predicted octanol–water partition coefficient (Wildman–Crippen LogP) is 3.46. The third-order valence-corrected chi connectivity index (χ3v) is 5.46. The molecule has 0 bridgehead atoms. The number of ether oxygens (including phenoxy) is 2. The van der Waals surface area contributed by atoms with Gasteiger partial charge < -0.3 is 20.2 Å². The van der Waals surface area contributed by atoms with Gasteiger partial charge in [-0.1, -0.05) is 30.3 Å². The summed E-state index contributed by atoms with van der Waals surface area (Å²) in [5.41, 5.74) is 7.70. The van der Waals surface area contributed by atoms with Crippen LogP contribution in [0.1, 0.15) is 16.1 Å². The van der Waals surface area contributed by atoms with E-state index in [-0.39, 0.29) is 22.7 Å². The Balaban J connectivity index is 1.53. The molecule has 0 fully saturated rings. The second-order valence-electron chi connectivity index (χ2n) is 7.72. The Morgan fingerprint density at radius 1 is 0.943 bits per heavy atom. The number of nitrogens with zero attached hydrogens (tertiary/aromatic N) is 3. The molecule has 0 aliphatic heterocycles. The van der Waals surface area contributed by atoms with Gasteiger partial charge in [0.1, 0.15) is 23.6 Å². The van der Waals surface area contributed by atoms with Gasteiger partial charge in [-0.25, -0.2) is 19.3 Å². The van der Waals surface area contributed by atoms with E-state index in [0.29, 0.717) is 29.4 Å². The van der Waals surface area contributed by atoms with Gasteiger partial charge in [0.2, 0.25) is 0 Å². The van der Waals surface area contributed by atoms with Gasteiger partial charge >= 0.3 is 5.69 Å². The van der Waals surface area contributed by atoms with E-state index in [4.69, 9.17) is 15.2 Å². The average Bonchev–Trinajstić information content (AvgIpc) is 3.23. The maximum Gasteiger partial charge on any atom is 0.332 e. The lowest BCUT2D eigenvalue weighted by Crippen LogP contribution is -2.15. The van der Waals surface area contributed by atoms with Crippen LogP contribution in [0.2, 0.25) is 0 Å². The summed E-state index contributed by atoms with van der Waals surface area (Å²) in [6.07, 6.45) is 0. The Bertz CT molecular complexity index is 1560. The SMILES string of the molecule is COc1ccc(-n2c(=O)[nH]c3c(C(N)=O)nc(-c4ccc(OCc5ccccc5)cc4)nc32)cc1. The number of carbonyl (C=O) groups is 1. The third-order valence-electron chi connectivity index (χ3n) is 5.46. The fourth-order valence-electron chi connectivity index (χ4n) is 3.70. The molecule has 5 rings (SSSR count). The molecule has 3 aromatic carbocycles. The van der Waals surface area contributed by atoms with Gasteiger partial charge in [-0.2, -0.15) is 0 Å². The number of imidazole rings is 1. The molecule has 2 aromatic heterocycles. The van der Waals surface area contributed by atoms with Crippen LogP contribution in [0.3, 0.4) is 0 Å². The lowest BCUT2D eigenvalue weighted by atomic mass is 10.2. The van der Waals surface area contributed by atoms with E-state index in [0.717, 1.165) is 5.56 Å². The minimum atomic E-state index is -0.774. The molecule has 174 valence electrons. The van der Waals surface area contributed by atoms with Gasteiger partial charge in [0.15, 0.2) is 17.2 Å². The van der Waals surface area contributed by atoms with E-state index in [1.165, 1.54) is 4.57 Å². The number of aromatic nitrogens is 4. The highest BCUT2D eigenvalue weighted by Crippen LogP contribution is 2.25. The second-order valence-corrected chi connectivity index (χ2v) is 7.72. The molecule has 35 heavy (non-hydrogen) atoms. The zero-order chi connectivity index (χ0) is 24.4. The Kier molecular flexibility index (Phi) is 5.72. The monoisotopic (exact) mass is 467 g/mol. The van der Waals surface area contributed by atoms with Crippen molar-refractivity contribution in [2.45, 2.75) is 6.61 Å². The largest absolute Gasteiger partial charge is 0.497 e. The number of primary amides is 1. The summed E-state index contributed by atoms with van der Waals surface area (Å²) in [5, 5.41) is 0. The van der Waals surface area contributed by atoms with Gasteiger partial charge in [-0.05, 0) is 54.1 Å². The number of carbonyl (C=O) groups excluding carboxylic acids is 1. The minimum Gasteiger partial charge on any atom is -0.497 e. The smallest absolute Gasteiger partial charge is 0.332 e. The van der Waals surface area contributed by atoms with Gasteiger partial charge in [-0.3, -0.25) is 4.79 Å². The zero-order valence-corrected chi connectivity index (χ0v) is 18.8. The Morgan fingerprint density at radius 3 is 2.29 bits per heavy atom. The number of H-pyrrole nitrogens is 1. The van der Waals surface area contributed by atoms with Crippen molar-refractivity contribution in [3.8, 4) is 28.6 Å². The van der Waals surface area contributed by atoms with Crippen LogP contribution in [0.15, 0.2) is 83.7 Å². The number of benzene rings is 3. The van der Waals surface area contributed by atoms with Crippen LogP contribution in [0, 0.1) is 0 Å². The van der Waals surface area contributed by atoms with Crippen LogP contribution in [0.5, 0.6) is 11.5 Å². The first-order valence-electron chi connectivity index (χ1n) is 10.8. The topological polar surface area (TPSA) is 125 Å². The van der Waals surface area contributed by atoms with Crippen molar-refractivity contribution in [2.75, 3.05) is 7.11 Å². The summed E-state index contributed by atoms with van der Waals surface area (Å²) in [6.45, 7) is 0.436. The number of rotatable bonds is 7. The fraction of sp³-hybridized carbons (Fsp3) is 0.0769. The molecule has 3 N–H and O–H groups in total. The van der Waals surface area contributed by atoms with Gasteiger partial charge in [0.05, 0.1) is 12.8 Å². The van der Waals surface area contributed by atoms with Crippen LogP contribution in [0.4, 0.5) is 0 Å². The predicted molar refractivity (Wildman–Crippen MR) is 131 cm³/mol. The Morgan fingerprint density at radius 2 is 1.63 bits per heavy atom. The molecule has 0 atom stereocenters. The standard InChI is InChI=1S/C26H21N5O4/c1-34-19-13-9-18(10-14-19)31-25-22(29-26(31)33)21(23(27)32)28-24(30-25)17-7-11-20(12-8-17)35-15-16-5-3-2-4-6-16/h2-14H,15H2,1H3,(H2,27,32)(H,29,33). The highest BCUT2D eigenvalue weighted by molar-refractivity contribution is 6.02. The number of aromatic amines is 1. The molecule has 0 radical (unpaired) electrons. The average molecular weight is 467 g/mol. The molecular formula is C26H21N5O4. The molecule has 5 aromatic rings. The maximum atomic E-state index is 12.8. The summed E-state index contributed by atoms with van der Waals surface area (Å²) < 4.78 is 12.4. The molecule has 0 saturated heterocycles. The van der Waals surface area contributed by atoms with Crippen molar-refractivity contribution < 1.29 is 14.3 Å². The van der Waals surface area contributed by atoms with E-state index in [2.05, 4.69) is 15.0 Å². The summed E-state index contributed by atoms with van der Waals surface area (Å²) in [7, 11) is 1.56. The van der Waals surface area contributed by atoms with Gasteiger partial charge in [-0.15, -0.1) is 0 Å². The molecule has 0 spiro atoms. The first-order valence-corrected chi connectivity index (χ1v) is 10.8. The summed E-state index contributed by atoms with van der Waals surface area (Å²) >= 11 is 0. The molecule has 9 heteroatoms. The van der Waals surface area contributed by atoms with Crippen molar-refractivity contribution in [1.82, 2.24) is 19.5 Å². The number of nitrogens with one attached hydrogen (secondary N) is 1. The van der Waals surface area contributed by atoms with Crippen LogP contribution < -0.4 is 20.9 Å². The van der Waals surface area contributed by atoms with Crippen molar-refractivity contribution in [1.29, 1.82) is 0 Å². The van der Waals surface area contributed by atoms with Crippen LogP contribution in [-0.2, 0) is 6.61 Å². The van der Waals surface area contributed by atoms with Crippen LogP contribution >= 0.6 is 0 Å². The highest BCUT2D eigenvalue weighted by Gasteiger charge is 2.20. The quantitative estimate of drug-likeness (QED) is 0.378. The molecule has 9 nitrogen and oxygen atoms in total. The van der Waals surface area contributed by atoms with Crippen molar-refractivity contribution in [3.63, 3.8) is 0 Å². The second kappa shape index (κ2) is 9.14. The lowest BCUT2D eigenvalue weighted by Gasteiger charge is -2.09. The van der Waals surface area contributed by atoms with Crippen LogP contribution in [-0.4, -0.2) is 32.5 Å².